The monoisotopic (exact) mass is 149 g/mol. The highest BCUT2D eigenvalue weighted by atomic mass is 15.1. The van der Waals surface area contributed by atoms with Crippen LogP contribution in [0, 0.1) is 0 Å². The van der Waals surface area contributed by atoms with E-state index < -0.39 is 0 Å². The van der Waals surface area contributed by atoms with E-state index in [0.717, 1.165) is 12.1 Å². The Morgan fingerprint density at radius 1 is 1.55 bits per heavy atom. The topological polar surface area (TPSA) is 37.8 Å². The number of hydrogen-bond acceptors (Lipinski definition) is 3. The molecule has 0 radical (unpaired) electrons. The van der Waals surface area contributed by atoms with Crippen molar-refractivity contribution in [3.8, 4) is 0 Å². The zero-order chi connectivity index (χ0) is 8.10. The fourth-order valence-electron chi connectivity index (χ4n) is 0.620. The number of anilines is 1. The minimum Gasteiger partial charge on any atom is -0.351 e. The van der Waals surface area contributed by atoms with Crippen molar-refractivity contribution in [2.75, 3.05) is 11.9 Å². The maximum atomic E-state index is 3.99. The first-order valence-corrected chi connectivity index (χ1v) is 3.44. The molecule has 0 aliphatic carbocycles. The number of hydrogen-bond donors (Lipinski definition) is 1. The summed E-state index contributed by atoms with van der Waals surface area (Å²) in [5.74, 6) is 0.649. The van der Waals surface area contributed by atoms with E-state index in [4.69, 9.17) is 0 Å². The van der Waals surface area contributed by atoms with Gasteiger partial charge in [-0.2, -0.15) is 0 Å². The van der Waals surface area contributed by atoms with Gasteiger partial charge >= 0.3 is 0 Å². The summed E-state index contributed by atoms with van der Waals surface area (Å²) < 4.78 is 0. The summed E-state index contributed by atoms with van der Waals surface area (Å²) in [7, 11) is 0. The lowest BCUT2D eigenvalue weighted by Gasteiger charge is -2.01. The Morgan fingerprint density at radius 2 is 2.18 bits per heavy atom. The van der Waals surface area contributed by atoms with E-state index in [9.17, 15) is 0 Å². The Hall–Kier alpha value is -1.38. The fraction of sp³-hybridized carbons (Fsp3) is 0.250. The van der Waals surface area contributed by atoms with Gasteiger partial charge in [0.25, 0.3) is 0 Å². The maximum Gasteiger partial charge on any atom is 0.222 e. The van der Waals surface area contributed by atoms with Gasteiger partial charge in [0.15, 0.2) is 0 Å². The molecule has 3 heteroatoms. The van der Waals surface area contributed by atoms with E-state index in [1.165, 1.54) is 0 Å². The molecule has 1 aromatic rings. The summed E-state index contributed by atoms with van der Waals surface area (Å²) in [5, 5.41) is 3.02. The van der Waals surface area contributed by atoms with Gasteiger partial charge in [0, 0.05) is 18.9 Å². The van der Waals surface area contributed by atoms with E-state index in [2.05, 4.69) is 21.9 Å². The Morgan fingerprint density at radius 3 is 2.73 bits per heavy atom. The lowest BCUT2D eigenvalue weighted by atomic mass is 10.3. The minimum absolute atomic E-state index is 0.649. The van der Waals surface area contributed by atoms with Crippen molar-refractivity contribution in [2.24, 2.45) is 0 Å². The van der Waals surface area contributed by atoms with E-state index in [-0.39, 0.29) is 0 Å². The normalized spacial score (nSPS) is 9.18. The van der Waals surface area contributed by atoms with Crippen LogP contribution in [0.25, 0.3) is 0 Å². The molecule has 3 nitrogen and oxygen atoms in total. The molecule has 0 aliphatic heterocycles. The molecule has 1 aromatic heterocycles. The summed E-state index contributed by atoms with van der Waals surface area (Å²) in [6, 6.07) is 1.78. The predicted octanol–water partition coefficient (Wildman–Crippen LogP) is 1.46. The van der Waals surface area contributed by atoms with Gasteiger partial charge in [0.05, 0.1) is 0 Å². The SMILES string of the molecule is C=C(C)CNc1ncccn1. The van der Waals surface area contributed by atoms with Gasteiger partial charge in [-0.1, -0.05) is 12.2 Å². The summed E-state index contributed by atoms with van der Waals surface area (Å²) in [4.78, 5) is 7.97. The lowest BCUT2D eigenvalue weighted by Crippen LogP contribution is -2.04. The van der Waals surface area contributed by atoms with Crippen LogP contribution in [0.4, 0.5) is 5.95 Å². The molecular formula is C8H11N3. The Bertz CT molecular complexity index is 230. The summed E-state index contributed by atoms with van der Waals surface area (Å²) in [6.45, 7) is 6.43. The van der Waals surface area contributed by atoms with Crippen molar-refractivity contribution < 1.29 is 0 Å². The second kappa shape index (κ2) is 3.71. The Labute approximate surface area is 66.2 Å². The highest BCUT2D eigenvalue weighted by Crippen LogP contribution is 1.94. The molecule has 1 N–H and O–H groups in total. The maximum absolute atomic E-state index is 3.99. The van der Waals surface area contributed by atoms with Crippen molar-refractivity contribution in [3.05, 3.63) is 30.6 Å². The standard InChI is InChI=1S/C8H11N3/c1-7(2)6-11-8-9-4-3-5-10-8/h3-5H,1,6H2,2H3,(H,9,10,11). The largest absolute Gasteiger partial charge is 0.351 e. The molecule has 0 atom stereocenters. The van der Waals surface area contributed by atoms with E-state index in [1.54, 1.807) is 18.5 Å². The van der Waals surface area contributed by atoms with E-state index in [0.29, 0.717) is 5.95 Å². The molecule has 1 heterocycles. The van der Waals surface area contributed by atoms with Gasteiger partial charge in [-0.3, -0.25) is 0 Å². The van der Waals surface area contributed by atoms with Crippen LogP contribution in [-0.2, 0) is 0 Å². The zero-order valence-electron chi connectivity index (χ0n) is 6.54. The van der Waals surface area contributed by atoms with Crippen molar-refractivity contribution in [1.29, 1.82) is 0 Å². The van der Waals surface area contributed by atoms with Gasteiger partial charge in [-0.15, -0.1) is 0 Å². The van der Waals surface area contributed by atoms with E-state index in [1.807, 2.05) is 6.92 Å². The first kappa shape index (κ1) is 7.72. The third kappa shape index (κ3) is 2.80. The van der Waals surface area contributed by atoms with Gasteiger partial charge in [-0.05, 0) is 13.0 Å². The second-order valence-electron chi connectivity index (χ2n) is 2.38. The molecule has 0 spiro atoms. The molecular weight excluding hydrogens is 138 g/mol. The molecule has 0 saturated heterocycles. The van der Waals surface area contributed by atoms with Gasteiger partial charge in [0.1, 0.15) is 0 Å². The first-order chi connectivity index (χ1) is 5.29. The van der Waals surface area contributed by atoms with Crippen LogP contribution in [0.15, 0.2) is 30.6 Å². The van der Waals surface area contributed by atoms with Crippen LogP contribution in [0.3, 0.4) is 0 Å². The number of nitrogens with zero attached hydrogens (tertiary/aromatic N) is 2. The Kier molecular flexibility index (Phi) is 2.60. The van der Waals surface area contributed by atoms with Gasteiger partial charge < -0.3 is 5.32 Å². The molecule has 0 bridgehead atoms. The zero-order valence-corrected chi connectivity index (χ0v) is 6.54. The van der Waals surface area contributed by atoms with E-state index >= 15 is 0 Å². The molecule has 1 rings (SSSR count). The summed E-state index contributed by atoms with van der Waals surface area (Å²) >= 11 is 0. The predicted molar refractivity (Wildman–Crippen MR) is 45.3 cm³/mol. The van der Waals surface area contributed by atoms with Gasteiger partial charge in [0.2, 0.25) is 5.95 Å². The molecule has 0 aliphatic rings. The first-order valence-electron chi connectivity index (χ1n) is 3.44. The van der Waals surface area contributed by atoms with Crippen LogP contribution in [0.2, 0.25) is 0 Å². The molecule has 0 fully saturated rings. The molecule has 0 saturated carbocycles. The summed E-state index contributed by atoms with van der Waals surface area (Å²) in [6.07, 6.45) is 3.40. The third-order valence-corrected chi connectivity index (χ3v) is 1.11. The number of aromatic nitrogens is 2. The van der Waals surface area contributed by atoms with Crippen molar-refractivity contribution in [2.45, 2.75) is 6.92 Å². The molecule has 0 unspecified atom stereocenters. The molecule has 0 amide bonds. The van der Waals surface area contributed by atoms with Crippen LogP contribution in [-0.4, -0.2) is 16.5 Å². The van der Waals surface area contributed by atoms with Crippen LogP contribution in [0.5, 0.6) is 0 Å². The van der Waals surface area contributed by atoms with Crippen LogP contribution >= 0.6 is 0 Å². The quantitative estimate of drug-likeness (QED) is 0.661. The number of rotatable bonds is 3. The smallest absolute Gasteiger partial charge is 0.222 e. The second-order valence-corrected chi connectivity index (χ2v) is 2.38. The van der Waals surface area contributed by atoms with Crippen LogP contribution < -0.4 is 5.32 Å². The summed E-state index contributed by atoms with van der Waals surface area (Å²) in [5.41, 5.74) is 1.07. The molecule has 11 heavy (non-hydrogen) atoms. The molecule has 58 valence electrons. The fourth-order valence-corrected chi connectivity index (χ4v) is 0.620. The van der Waals surface area contributed by atoms with Gasteiger partial charge in [-0.25, -0.2) is 9.97 Å². The van der Waals surface area contributed by atoms with Crippen LogP contribution in [0.1, 0.15) is 6.92 Å². The average molecular weight is 149 g/mol. The average Bonchev–Trinajstić information content (AvgIpc) is 2.03. The highest BCUT2D eigenvalue weighted by Gasteiger charge is 1.90. The minimum atomic E-state index is 0.649. The van der Waals surface area contributed by atoms with Crippen molar-refractivity contribution >= 4 is 5.95 Å². The molecule has 0 aromatic carbocycles. The van der Waals surface area contributed by atoms with Crippen molar-refractivity contribution in [3.63, 3.8) is 0 Å². The van der Waals surface area contributed by atoms with Crippen molar-refractivity contribution in [1.82, 2.24) is 9.97 Å². The highest BCUT2D eigenvalue weighted by molar-refractivity contribution is 5.24. The number of nitrogens with one attached hydrogen (secondary N) is 1. The third-order valence-electron chi connectivity index (χ3n) is 1.11. The lowest BCUT2D eigenvalue weighted by molar-refractivity contribution is 1.09. The Balaban J connectivity index is 2.45.